The molecule has 0 bridgehead atoms. The predicted octanol–water partition coefficient (Wildman–Crippen LogP) is 1.94. The van der Waals surface area contributed by atoms with E-state index in [1.54, 1.807) is 7.11 Å². The van der Waals surface area contributed by atoms with Crippen LogP contribution < -0.4 is 25.2 Å². The molecule has 1 aliphatic heterocycles. The third kappa shape index (κ3) is 6.81. The van der Waals surface area contributed by atoms with Crippen molar-refractivity contribution in [3.8, 4) is 11.5 Å². The van der Waals surface area contributed by atoms with Crippen LogP contribution in [0.1, 0.15) is 18.5 Å². The van der Waals surface area contributed by atoms with Crippen molar-refractivity contribution in [1.82, 2.24) is 10.2 Å². The van der Waals surface area contributed by atoms with Gasteiger partial charge in [0.2, 0.25) is 10.0 Å². The van der Waals surface area contributed by atoms with E-state index >= 15 is 0 Å². The third-order valence-electron chi connectivity index (χ3n) is 5.26. The summed E-state index contributed by atoms with van der Waals surface area (Å²) < 4.78 is 39.4. The van der Waals surface area contributed by atoms with E-state index in [1.165, 1.54) is 24.3 Å². The first kappa shape index (κ1) is 24.8. The van der Waals surface area contributed by atoms with Crippen molar-refractivity contribution in [2.75, 3.05) is 51.9 Å². The van der Waals surface area contributed by atoms with Crippen molar-refractivity contribution >= 4 is 21.7 Å². The van der Waals surface area contributed by atoms with E-state index in [4.69, 9.17) is 19.3 Å². The van der Waals surface area contributed by atoms with Crippen LogP contribution in [0, 0.1) is 0 Å². The molecule has 33 heavy (non-hydrogen) atoms. The monoisotopic (exact) mass is 478 g/mol. The number of ether oxygens (including phenoxy) is 3. The van der Waals surface area contributed by atoms with E-state index < -0.39 is 16.1 Å². The van der Waals surface area contributed by atoms with Gasteiger partial charge in [-0.2, -0.15) is 0 Å². The number of urea groups is 1. The molecule has 0 saturated carbocycles. The lowest BCUT2D eigenvalue weighted by Gasteiger charge is -2.35. The maximum absolute atomic E-state index is 12.5. The molecule has 1 fully saturated rings. The number of morpholine rings is 1. The molecule has 2 amide bonds. The van der Waals surface area contributed by atoms with Crippen LogP contribution in [-0.4, -0.2) is 65.9 Å². The summed E-state index contributed by atoms with van der Waals surface area (Å²) in [6.07, 6.45) is 0. The summed E-state index contributed by atoms with van der Waals surface area (Å²) in [4.78, 5) is 14.7. The van der Waals surface area contributed by atoms with Gasteiger partial charge in [0.25, 0.3) is 0 Å². The van der Waals surface area contributed by atoms with Crippen LogP contribution in [0.5, 0.6) is 11.5 Å². The van der Waals surface area contributed by atoms with Gasteiger partial charge in [-0.05, 0) is 48.9 Å². The number of primary sulfonamides is 1. The number of methoxy groups -OCH3 is 1. The van der Waals surface area contributed by atoms with Gasteiger partial charge in [-0.3, -0.25) is 4.90 Å². The topological polar surface area (TPSA) is 132 Å². The summed E-state index contributed by atoms with van der Waals surface area (Å²) in [5, 5.41) is 10.7. The molecule has 1 aliphatic rings. The molecular weight excluding hydrogens is 448 g/mol. The van der Waals surface area contributed by atoms with Crippen LogP contribution in [0.25, 0.3) is 0 Å². The normalized spacial score (nSPS) is 15.5. The molecule has 2 aromatic carbocycles. The lowest BCUT2D eigenvalue weighted by molar-refractivity contribution is 0.0167. The molecule has 10 nitrogen and oxygen atoms in total. The number of carbonyl (C=O) groups excluding carboxylic acids is 1. The minimum absolute atomic E-state index is 0.0229. The van der Waals surface area contributed by atoms with Crippen LogP contribution >= 0.6 is 0 Å². The number of rotatable bonds is 9. The second kappa shape index (κ2) is 11.3. The van der Waals surface area contributed by atoms with Gasteiger partial charge in [-0.15, -0.1) is 0 Å². The molecule has 1 heterocycles. The zero-order valence-electron chi connectivity index (χ0n) is 18.7. The van der Waals surface area contributed by atoms with Gasteiger partial charge in [0.05, 0.1) is 37.9 Å². The first-order valence-corrected chi connectivity index (χ1v) is 12.2. The van der Waals surface area contributed by atoms with Gasteiger partial charge in [0, 0.05) is 25.3 Å². The van der Waals surface area contributed by atoms with Gasteiger partial charge < -0.3 is 24.8 Å². The number of sulfonamides is 1. The number of nitrogens with zero attached hydrogens (tertiary/aromatic N) is 1. The number of nitrogens with one attached hydrogen (secondary N) is 2. The number of anilines is 1. The molecule has 180 valence electrons. The summed E-state index contributed by atoms with van der Waals surface area (Å²) in [6, 6.07) is 10.9. The van der Waals surface area contributed by atoms with Gasteiger partial charge in [0.1, 0.15) is 0 Å². The van der Waals surface area contributed by atoms with E-state index in [-0.39, 0.29) is 10.9 Å². The van der Waals surface area contributed by atoms with E-state index in [1.807, 2.05) is 25.1 Å². The highest BCUT2D eigenvalue weighted by atomic mass is 32.2. The van der Waals surface area contributed by atoms with Crippen LogP contribution in [0.3, 0.4) is 0 Å². The van der Waals surface area contributed by atoms with E-state index in [0.717, 1.165) is 18.7 Å². The minimum Gasteiger partial charge on any atom is -0.493 e. The summed E-state index contributed by atoms with van der Waals surface area (Å²) in [5.74, 6) is 1.30. The second-order valence-electron chi connectivity index (χ2n) is 7.41. The Bertz CT molecular complexity index is 1040. The van der Waals surface area contributed by atoms with Crippen molar-refractivity contribution in [1.29, 1.82) is 0 Å². The molecule has 0 aromatic heterocycles. The quantitative estimate of drug-likeness (QED) is 0.502. The van der Waals surface area contributed by atoms with Crippen molar-refractivity contribution < 1.29 is 27.4 Å². The Morgan fingerprint density at radius 2 is 1.85 bits per heavy atom. The molecule has 0 aliphatic carbocycles. The van der Waals surface area contributed by atoms with Crippen molar-refractivity contribution in [2.45, 2.75) is 17.9 Å². The number of hydrogen-bond donors (Lipinski definition) is 3. The Balaban J connectivity index is 1.71. The predicted molar refractivity (Wildman–Crippen MR) is 124 cm³/mol. The molecule has 0 spiro atoms. The van der Waals surface area contributed by atoms with E-state index in [9.17, 15) is 13.2 Å². The molecular formula is C22H30N4O6S. The van der Waals surface area contributed by atoms with Crippen LogP contribution in [0.15, 0.2) is 47.4 Å². The highest BCUT2D eigenvalue weighted by Crippen LogP contribution is 2.32. The number of hydrogen-bond acceptors (Lipinski definition) is 7. The largest absolute Gasteiger partial charge is 0.493 e. The average Bonchev–Trinajstić information content (AvgIpc) is 2.80. The summed E-state index contributed by atoms with van der Waals surface area (Å²) in [5.41, 5.74) is 1.43. The van der Waals surface area contributed by atoms with E-state index in [0.29, 0.717) is 43.6 Å². The number of nitrogens with two attached hydrogens (primary N) is 1. The zero-order valence-corrected chi connectivity index (χ0v) is 19.6. The molecule has 3 rings (SSSR count). The number of benzene rings is 2. The SMILES string of the molecule is CCOc1ccc(C(CNC(=O)Nc2ccc(S(N)(=O)=O)cc2)N2CCOCC2)cc1OC. The molecule has 1 saturated heterocycles. The van der Waals surface area contributed by atoms with Gasteiger partial charge in [-0.1, -0.05) is 6.07 Å². The molecule has 0 radical (unpaired) electrons. The Labute approximate surface area is 194 Å². The maximum Gasteiger partial charge on any atom is 0.319 e. The van der Waals surface area contributed by atoms with Crippen LogP contribution in [0.4, 0.5) is 10.5 Å². The smallest absolute Gasteiger partial charge is 0.319 e. The number of carbonyl (C=O) groups is 1. The highest BCUT2D eigenvalue weighted by Gasteiger charge is 2.24. The maximum atomic E-state index is 12.5. The molecule has 4 N–H and O–H groups in total. The van der Waals surface area contributed by atoms with Crippen molar-refractivity contribution in [3.05, 3.63) is 48.0 Å². The molecule has 1 unspecified atom stereocenters. The van der Waals surface area contributed by atoms with Crippen molar-refractivity contribution in [3.63, 3.8) is 0 Å². The first-order valence-electron chi connectivity index (χ1n) is 10.6. The fourth-order valence-corrected chi connectivity index (χ4v) is 4.12. The Hall–Kier alpha value is -2.86. The third-order valence-corrected chi connectivity index (χ3v) is 6.18. The summed E-state index contributed by atoms with van der Waals surface area (Å²) in [6.45, 7) is 5.49. The summed E-state index contributed by atoms with van der Waals surface area (Å²) in [7, 11) is -2.19. The summed E-state index contributed by atoms with van der Waals surface area (Å²) >= 11 is 0. The molecule has 1 atom stereocenters. The Kier molecular flexibility index (Phi) is 8.50. The Morgan fingerprint density at radius 1 is 1.15 bits per heavy atom. The van der Waals surface area contributed by atoms with Gasteiger partial charge >= 0.3 is 6.03 Å². The average molecular weight is 479 g/mol. The number of amides is 2. The first-order chi connectivity index (χ1) is 15.8. The highest BCUT2D eigenvalue weighted by molar-refractivity contribution is 7.89. The van der Waals surface area contributed by atoms with Crippen molar-refractivity contribution in [2.24, 2.45) is 5.14 Å². The van der Waals surface area contributed by atoms with Crippen LogP contribution in [0.2, 0.25) is 0 Å². The van der Waals surface area contributed by atoms with Gasteiger partial charge in [-0.25, -0.2) is 18.4 Å². The Morgan fingerprint density at radius 3 is 2.45 bits per heavy atom. The van der Waals surface area contributed by atoms with Crippen LogP contribution in [-0.2, 0) is 14.8 Å². The fourth-order valence-electron chi connectivity index (χ4n) is 3.61. The minimum atomic E-state index is -3.79. The standard InChI is InChI=1S/C22H30N4O6S/c1-3-32-20-9-4-16(14-21(20)30-2)19(26-10-12-31-13-11-26)15-24-22(27)25-17-5-7-18(8-6-17)33(23,28)29/h4-9,14,19H,3,10-13,15H2,1-2H3,(H2,23,28,29)(H2,24,25,27). The molecule has 2 aromatic rings. The fraction of sp³-hybridized carbons (Fsp3) is 0.409. The zero-order chi connectivity index (χ0) is 23.8. The van der Waals surface area contributed by atoms with E-state index in [2.05, 4.69) is 15.5 Å². The van der Waals surface area contributed by atoms with Gasteiger partial charge in [0.15, 0.2) is 11.5 Å². The lowest BCUT2D eigenvalue weighted by atomic mass is 10.0. The lowest BCUT2D eigenvalue weighted by Crippen LogP contribution is -2.44. The second-order valence-corrected chi connectivity index (χ2v) is 8.97. The molecule has 11 heteroatoms.